The molecule has 1 aliphatic rings. The number of rotatable bonds is 7. The van der Waals surface area contributed by atoms with Gasteiger partial charge in [0.15, 0.2) is 0 Å². The maximum atomic E-state index is 13.0. The molecular formula is C24H26F2N4O3. The number of amides is 2. The van der Waals surface area contributed by atoms with Crippen LogP contribution in [0.5, 0.6) is 0 Å². The average molecular weight is 456 g/mol. The fraction of sp³-hybridized carbons (Fsp3) is 0.375. The molecule has 0 saturated carbocycles. The molecule has 7 nitrogen and oxygen atoms in total. The number of aliphatic hydroxyl groups is 1. The van der Waals surface area contributed by atoms with Gasteiger partial charge in [-0.15, -0.1) is 0 Å². The van der Waals surface area contributed by atoms with Crippen LogP contribution < -0.4 is 10.2 Å². The number of imidazole rings is 1. The van der Waals surface area contributed by atoms with Crippen molar-refractivity contribution in [2.45, 2.75) is 39.2 Å². The summed E-state index contributed by atoms with van der Waals surface area (Å²) in [4.78, 5) is 31.7. The SMILES string of the molecule is CC1CCCN(c2ccc3c(c2)nc(NC(=O)c2cccc(C(F)F)c2)n3CCCO)C1=O. The van der Waals surface area contributed by atoms with Crippen molar-refractivity contribution >= 4 is 34.5 Å². The Balaban J connectivity index is 1.67. The first kappa shape index (κ1) is 22.8. The number of carbonyl (C=O) groups excluding carboxylic acids is 2. The van der Waals surface area contributed by atoms with Gasteiger partial charge in [-0.3, -0.25) is 14.9 Å². The maximum absolute atomic E-state index is 13.0. The summed E-state index contributed by atoms with van der Waals surface area (Å²) in [5.74, 6) is -0.261. The van der Waals surface area contributed by atoms with Crippen LogP contribution in [0, 0.1) is 5.92 Å². The first-order valence-corrected chi connectivity index (χ1v) is 11.0. The second kappa shape index (κ2) is 9.66. The Morgan fingerprint density at radius 1 is 1.27 bits per heavy atom. The molecule has 1 fully saturated rings. The Morgan fingerprint density at radius 2 is 2.09 bits per heavy atom. The number of aryl methyl sites for hydroxylation is 1. The Hall–Kier alpha value is -3.33. The molecule has 0 aliphatic carbocycles. The smallest absolute Gasteiger partial charge is 0.263 e. The van der Waals surface area contributed by atoms with Crippen LogP contribution in [0.4, 0.5) is 20.4 Å². The molecule has 2 amide bonds. The van der Waals surface area contributed by atoms with Crippen LogP contribution in [-0.2, 0) is 11.3 Å². The third kappa shape index (κ3) is 4.73. The molecule has 174 valence electrons. The molecule has 1 aromatic heterocycles. The van der Waals surface area contributed by atoms with Crippen LogP contribution in [-0.4, -0.2) is 39.6 Å². The Bertz CT molecular complexity index is 1180. The summed E-state index contributed by atoms with van der Waals surface area (Å²) in [5.41, 5.74) is 1.94. The highest BCUT2D eigenvalue weighted by atomic mass is 19.3. The summed E-state index contributed by atoms with van der Waals surface area (Å²) >= 11 is 0. The third-order valence-corrected chi connectivity index (χ3v) is 5.92. The summed E-state index contributed by atoms with van der Waals surface area (Å²) < 4.78 is 27.8. The number of hydrogen-bond donors (Lipinski definition) is 2. The number of carbonyl (C=O) groups is 2. The van der Waals surface area contributed by atoms with Gasteiger partial charge in [-0.1, -0.05) is 19.1 Å². The molecule has 2 aromatic carbocycles. The maximum Gasteiger partial charge on any atom is 0.263 e. The van der Waals surface area contributed by atoms with E-state index < -0.39 is 12.3 Å². The Labute approximate surface area is 190 Å². The number of fused-ring (bicyclic) bond motifs is 1. The molecule has 1 unspecified atom stereocenters. The monoisotopic (exact) mass is 456 g/mol. The molecule has 0 bridgehead atoms. The Kier molecular flexibility index (Phi) is 6.69. The number of nitrogens with zero attached hydrogens (tertiary/aromatic N) is 3. The molecule has 0 radical (unpaired) electrons. The molecular weight excluding hydrogens is 430 g/mol. The van der Waals surface area contributed by atoms with E-state index in [1.165, 1.54) is 18.2 Å². The lowest BCUT2D eigenvalue weighted by molar-refractivity contribution is -0.123. The minimum atomic E-state index is -2.68. The topological polar surface area (TPSA) is 87.5 Å². The second-order valence-corrected chi connectivity index (χ2v) is 8.25. The zero-order valence-corrected chi connectivity index (χ0v) is 18.3. The molecule has 0 spiro atoms. The number of anilines is 2. The van der Waals surface area contributed by atoms with E-state index in [1.807, 2.05) is 25.1 Å². The van der Waals surface area contributed by atoms with Gasteiger partial charge in [-0.25, -0.2) is 13.8 Å². The van der Waals surface area contributed by atoms with Crippen molar-refractivity contribution in [3.05, 3.63) is 53.6 Å². The quantitative estimate of drug-likeness (QED) is 0.553. The minimum Gasteiger partial charge on any atom is -0.396 e. The largest absolute Gasteiger partial charge is 0.396 e. The number of piperidine rings is 1. The fourth-order valence-electron chi connectivity index (χ4n) is 4.14. The van der Waals surface area contributed by atoms with Gasteiger partial charge in [-0.2, -0.15) is 0 Å². The van der Waals surface area contributed by atoms with Crippen LogP contribution in [0.15, 0.2) is 42.5 Å². The zero-order valence-electron chi connectivity index (χ0n) is 18.3. The first-order chi connectivity index (χ1) is 15.9. The van der Waals surface area contributed by atoms with E-state index in [1.54, 1.807) is 9.47 Å². The van der Waals surface area contributed by atoms with Crippen molar-refractivity contribution in [2.75, 3.05) is 23.4 Å². The standard InChI is InChI=1S/C24H26F2N4O3/c1-15-5-3-10-29(23(15)33)18-8-9-20-19(14-18)27-24(30(20)11-4-12-31)28-22(32)17-7-2-6-16(13-17)21(25)26/h2,6-9,13-15,21,31H,3-5,10-12H2,1H3,(H,27,28,32). The van der Waals surface area contributed by atoms with Crippen LogP contribution in [0.2, 0.25) is 0 Å². The van der Waals surface area contributed by atoms with Crippen molar-refractivity contribution in [3.63, 3.8) is 0 Å². The van der Waals surface area contributed by atoms with Crippen LogP contribution in [0.3, 0.4) is 0 Å². The highest BCUT2D eigenvalue weighted by molar-refractivity contribution is 6.04. The fourth-order valence-corrected chi connectivity index (χ4v) is 4.14. The summed E-state index contributed by atoms with van der Waals surface area (Å²) in [6, 6.07) is 10.8. The van der Waals surface area contributed by atoms with Gasteiger partial charge in [0, 0.05) is 42.4 Å². The highest BCUT2D eigenvalue weighted by Crippen LogP contribution is 2.29. The van der Waals surface area contributed by atoms with E-state index in [-0.39, 0.29) is 35.5 Å². The molecule has 1 aliphatic heterocycles. The molecule has 1 atom stereocenters. The zero-order chi connectivity index (χ0) is 23.5. The summed E-state index contributed by atoms with van der Waals surface area (Å²) in [7, 11) is 0. The lowest BCUT2D eigenvalue weighted by Crippen LogP contribution is -2.40. The van der Waals surface area contributed by atoms with Crippen LogP contribution in [0.1, 0.15) is 48.5 Å². The van der Waals surface area contributed by atoms with Gasteiger partial charge in [-0.05, 0) is 49.6 Å². The van der Waals surface area contributed by atoms with E-state index >= 15 is 0 Å². The van der Waals surface area contributed by atoms with E-state index in [2.05, 4.69) is 10.3 Å². The van der Waals surface area contributed by atoms with Gasteiger partial charge < -0.3 is 14.6 Å². The minimum absolute atomic E-state index is 0.0320. The summed E-state index contributed by atoms with van der Waals surface area (Å²) in [6.45, 7) is 2.93. The van der Waals surface area contributed by atoms with Crippen molar-refractivity contribution in [3.8, 4) is 0 Å². The summed E-state index contributed by atoms with van der Waals surface area (Å²) in [5, 5.41) is 12.0. The molecule has 3 aromatic rings. The number of hydrogen-bond acceptors (Lipinski definition) is 4. The average Bonchev–Trinajstić information content (AvgIpc) is 3.15. The van der Waals surface area contributed by atoms with Crippen LogP contribution in [0.25, 0.3) is 11.0 Å². The molecule has 4 rings (SSSR count). The van der Waals surface area contributed by atoms with E-state index in [9.17, 15) is 23.5 Å². The van der Waals surface area contributed by atoms with E-state index in [4.69, 9.17) is 0 Å². The molecule has 2 heterocycles. The van der Waals surface area contributed by atoms with Crippen molar-refractivity contribution in [2.24, 2.45) is 5.92 Å². The molecule has 33 heavy (non-hydrogen) atoms. The van der Waals surface area contributed by atoms with E-state index in [0.29, 0.717) is 25.0 Å². The van der Waals surface area contributed by atoms with Gasteiger partial charge >= 0.3 is 0 Å². The van der Waals surface area contributed by atoms with Gasteiger partial charge in [0.25, 0.3) is 12.3 Å². The second-order valence-electron chi connectivity index (χ2n) is 8.25. The lowest BCUT2D eigenvalue weighted by atomic mass is 9.98. The van der Waals surface area contributed by atoms with Crippen molar-refractivity contribution in [1.29, 1.82) is 0 Å². The van der Waals surface area contributed by atoms with Crippen LogP contribution >= 0.6 is 0 Å². The molecule has 1 saturated heterocycles. The predicted molar refractivity (Wildman–Crippen MR) is 122 cm³/mol. The van der Waals surface area contributed by atoms with Crippen molar-refractivity contribution < 1.29 is 23.5 Å². The highest BCUT2D eigenvalue weighted by Gasteiger charge is 2.27. The molecule has 2 N–H and O–H groups in total. The number of nitrogens with one attached hydrogen (secondary N) is 1. The number of aromatic nitrogens is 2. The van der Waals surface area contributed by atoms with Gasteiger partial charge in [0.05, 0.1) is 11.0 Å². The number of benzene rings is 2. The lowest BCUT2D eigenvalue weighted by Gasteiger charge is -2.30. The predicted octanol–water partition coefficient (Wildman–Crippen LogP) is 4.37. The normalized spacial score (nSPS) is 16.6. The van der Waals surface area contributed by atoms with Gasteiger partial charge in [0.2, 0.25) is 11.9 Å². The first-order valence-electron chi connectivity index (χ1n) is 11.0. The molecule has 9 heteroatoms. The number of aliphatic hydroxyl groups excluding tert-OH is 1. The van der Waals surface area contributed by atoms with E-state index in [0.717, 1.165) is 30.1 Å². The Morgan fingerprint density at radius 3 is 2.85 bits per heavy atom. The number of alkyl halides is 2. The third-order valence-electron chi connectivity index (χ3n) is 5.92. The van der Waals surface area contributed by atoms with Gasteiger partial charge in [0.1, 0.15) is 0 Å². The number of halogens is 2. The van der Waals surface area contributed by atoms with Crippen molar-refractivity contribution in [1.82, 2.24) is 9.55 Å². The summed E-state index contributed by atoms with van der Waals surface area (Å²) in [6.07, 6.45) is -0.435.